The van der Waals surface area contributed by atoms with Crippen molar-refractivity contribution in [1.29, 1.82) is 0 Å². The molecule has 0 aromatic heterocycles. The van der Waals surface area contributed by atoms with E-state index in [0.717, 1.165) is 0 Å². The highest BCUT2D eigenvalue weighted by Crippen LogP contribution is 1.74. The normalized spacial score (nSPS) is 9.40. The summed E-state index contributed by atoms with van der Waals surface area (Å²) in [6.45, 7) is -0.544. The number of thiol groups is 1. The van der Waals surface area contributed by atoms with Gasteiger partial charge >= 0.3 is 6.09 Å². The van der Waals surface area contributed by atoms with E-state index < -0.39 is 17.0 Å². The Balaban J connectivity index is 3.44. The Labute approximate surface area is 58.9 Å². The van der Waals surface area contributed by atoms with E-state index in [4.69, 9.17) is 5.11 Å². The molecular weight excluding hydrogens is 162 g/mol. The number of aliphatic hydroxyl groups excluding tert-OH is 1. The highest BCUT2D eigenvalue weighted by atomic mass is 32.2. The zero-order valence-corrected chi connectivity index (χ0v) is 5.84. The number of hydrogen-bond donors (Lipinski definition) is 3. The number of amides is 1. The van der Waals surface area contributed by atoms with Crippen LogP contribution in [0.15, 0.2) is 0 Å². The Bertz CT molecular complexity index is 168. The predicted molar refractivity (Wildman–Crippen MR) is 31.9 cm³/mol. The lowest BCUT2D eigenvalue weighted by atomic mass is 10.8. The molecule has 7 heteroatoms. The Morgan fingerprint density at radius 1 is 1.60 bits per heavy atom. The summed E-state index contributed by atoms with van der Waals surface area (Å²) in [5, 5.41) is 8.09. The second kappa shape index (κ2) is 5.00. The van der Waals surface area contributed by atoms with E-state index in [1.807, 2.05) is 0 Å². The van der Waals surface area contributed by atoms with Crippen LogP contribution in [0.25, 0.3) is 0 Å². The third kappa shape index (κ3) is 5.32. The molecule has 10 heavy (non-hydrogen) atoms. The van der Waals surface area contributed by atoms with E-state index in [2.05, 4.69) is 4.74 Å². The number of rotatable bonds is 3. The highest BCUT2D eigenvalue weighted by molar-refractivity contribution is 7.70. The first kappa shape index (κ1) is 9.18. The summed E-state index contributed by atoms with van der Waals surface area (Å²) >= 11 is 0. The molecule has 0 aliphatic carbocycles. The second-order valence-electron chi connectivity index (χ2n) is 1.23. The van der Waals surface area contributed by atoms with Crippen LogP contribution in [-0.2, 0) is 15.6 Å². The molecule has 2 N–H and O–H groups in total. The number of ether oxygens (including phenoxy) is 1. The second-order valence-corrected chi connectivity index (χ2v) is 1.97. The van der Waals surface area contributed by atoms with Gasteiger partial charge in [-0.3, -0.25) is 0 Å². The van der Waals surface area contributed by atoms with Gasteiger partial charge in [0, 0.05) is 0 Å². The van der Waals surface area contributed by atoms with Crippen molar-refractivity contribution in [2.24, 2.45) is 0 Å². The van der Waals surface area contributed by atoms with E-state index in [1.165, 1.54) is 4.72 Å². The van der Waals surface area contributed by atoms with Crippen molar-refractivity contribution in [2.45, 2.75) is 0 Å². The summed E-state index contributed by atoms with van der Waals surface area (Å²) in [4.78, 5) is 10.2. The zero-order chi connectivity index (χ0) is 7.98. The SMILES string of the molecule is O=C(N[SH](=O)=O)OCCO. The van der Waals surface area contributed by atoms with Crippen LogP contribution < -0.4 is 4.72 Å². The van der Waals surface area contributed by atoms with Crippen molar-refractivity contribution in [3.63, 3.8) is 0 Å². The van der Waals surface area contributed by atoms with Crippen LogP contribution >= 0.6 is 0 Å². The van der Waals surface area contributed by atoms with Gasteiger partial charge in [-0.05, 0) is 0 Å². The van der Waals surface area contributed by atoms with E-state index >= 15 is 0 Å². The van der Waals surface area contributed by atoms with Gasteiger partial charge in [0.25, 0.3) is 0 Å². The average molecular weight is 169 g/mol. The summed E-state index contributed by atoms with van der Waals surface area (Å²) in [6, 6.07) is 0. The summed E-state index contributed by atoms with van der Waals surface area (Å²) < 4.78 is 25.0. The molecular formula is C3H7NO5S. The molecule has 0 aromatic carbocycles. The van der Waals surface area contributed by atoms with Gasteiger partial charge in [-0.25, -0.2) is 17.9 Å². The van der Waals surface area contributed by atoms with Crippen LogP contribution in [0.1, 0.15) is 0 Å². The molecule has 0 saturated heterocycles. The van der Waals surface area contributed by atoms with Gasteiger partial charge in [0.2, 0.25) is 10.9 Å². The Hall–Kier alpha value is -0.820. The van der Waals surface area contributed by atoms with Crippen molar-refractivity contribution < 1.29 is 23.1 Å². The largest absolute Gasteiger partial charge is 0.446 e. The first-order chi connectivity index (χ1) is 4.66. The topological polar surface area (TPSA) is 92.7 Å². The molecule has 0 bridgehead atoms. The molecule has 0 heterocycles. The minimum Gasteiger partial charge on any atom is -0.446 e. The van der Waals surface area contributed by atoms with Gasteiger partial charge in [0.15, 0.2) is 0 Å². The zero-order valence-electron chi connectivity index (χ0n) is 4.94. The molecule has 0 aromatic rings. The fraction of sp³-hybridized carbons (Fsp3) is 0.667. The Morgan fingerprint density at radius 3 is 2.60 bits per heavy atom. The summed E-state index contributed by atoms with van der Waals surface area (Å²) in [5.74, 6) is 0. The van der Waals surface area contributed by atoms with Crippen LogP contribution in [0.4, 0.5) is 4.79 Å². The lowest BCUT2D eigenvalue weighted by Gasteiger charge is -1.97. The lowest BCUT2D eigenvalue weighted by Crippen LogP contribution is -2.23. The molecule has 0 fully saturated rings. The van der Waals surface area contributed by atoms with Crippen molar-refractivity contribution in [1.82, 2.24) is 4.72 Å². The van der Waals surface area contributed by atoms with Crippen LogP contribution in [0.2, 0.25) is 0 Å². The standard InChI is InChI=1S/C3H7NO5S/c5-1-2-9-3(6)4-10(7)8/h5,10H,1-2H2,(H,4,6,7,8). The van der Waals surface area contributed by atoms with E-state index in [1.54, 1.807) is 0 Å². The Morgan fingerprint density at radius 2 is 2.20 bits per heavy atom. The van der Waals surface area contributed by atoms with Crippen LogP contribution in [0, 0.1) is 0 Å². The van der Waals surface area contributed by atoms with Crippen molar-refractivity contribution in [3.05, 3.63) is 0 Å². The maximum Gasteiger partial charge on any atom is 0.420 e. The molecule has 0 saturated carbocycles. The molecule has 0 radical (unpaired) electrons. The van der Waals surface area contributed by atoms with E-state index in [-0.39, 0.29) is 13.2 Å². The first-order valence-corrected chi connectivity index (χ1v) is 3.53. The lowest BCUT2D eigenvalue weighted by molar-refractivity contribution is 0.124. The molecule has 0 rings (SSSR count). The number of hydrogen-bond acceptors (Lipinski definition) is 5. The molecule has 1 amide bonds. The minimum atomic E-state index is -2.96. The summed E-state index contributed by atoms with van der Waals surface area (Å²) in [6.07, 6.45) is -1.08. The molecule has 6 nitrogen and oxygen atoms in total. The van der Waals surface area contributed by atoms with E-state index in [9.17, 15) is 13.2 Å². The van der Waals surface area contributed by atoms with Crippen LogP contribution in [0.3, 0.4) is 0 Å². The smallest absolute Gasteiger partial charge is 0.420 e. The van der Waals surface area contributed by atoms with Crippen LogP contribution in [-0.4, -0.2) is 32.8 Å². The van der Waals surface area contributed by atoms with Crippen molar-refractivity contribution >= 4 is 17.0 Å². The van der Waals surface area contributed by atoms with Gasteiger partial charge < -0.3 is 9.84 Å². The van der Waals surface area contributed by atoms with Crippen LogP contribution in [0.5, 0.6) is 0 Å². The molecule has 0 spiro atoms. The highest BCUT2D eigenvalue weighted by Gasteiger charge is 1.98. The minimum absolute atomic E-state index is 0.213. The predicted octanol–water partition coefficient (Wildman–Crippen LogP) is -1.77. The Kier molecular flexibility index (Phi) is 4.59. The van der Waals surface area contributed by atoms with Gasteiger partial charge in [0.1, 0.15) is 6.61 Å². The fourth-order valence-electron chi connectivity index (χ4n) is 0.245. The molecule has 0 atom stereocenters. The third-order valence-electron chi connectivity index (χ3n) is 0.507. The van der Waals surface area contributed by atoms with Crippen molar-refractivity contribution in [2.75, 3.05) is 13.2 Å². The molecule has 60 valence electrons. The maximum absolute atomic E-state index is 10.2. The average Bonchev–Trinajstić information content (AvgIpc) is 1.82. The van der Waals surface area contributed by atoms with Crippen molar-refractivity contribution in [3.8, 4) is 0 Å². The number of carbonyl (C=O) groups is 1. The van der Waals surface area contributed by atoms with Gasteiger partial charge in [-0.15, -0.1) is 0 Å². The number of aliphatic hydroxyl groups is 1. The maximum atomic E-state index is 10.2. The van der Waals surface area contributed by atoms with Gasteiger partial charge in [0.05, 0.1) is 6.61 Å². The summed E-state index contributed by atoms with van der Waals surface area (Å²) in [5.41, 5.74) is 0. The van der Waals surface area contributed by atoms with E-state index in [0.29, 0.717) is 0 Å². The monoisotopic (exact) mass is 169 g/mol. The van der Waals surface area contributed by atoms with Gasteiger partial charge in [-0.1, -0.05) is 0 Å². The fourth-order valence-corrected chi connectivity index (χ4v) is 0.459. The quantitative estimate of drug-likeness (QED) is 0.435. The number of carbonyl (C=O) groups excluding carboxylic acids is 1. The third-order valence-corrected chi connectivity index (χ3v) is 0.872. The first-order valence-electron chi connectivity index (χ1n) is 2.35. The molecule has 0 aliphatic heterocycles. The molecule has 0 unspecified atom stereocenters. The van der Waals surface area contributed by atoms with Gasteiger partial charge in [-0.2, -0.15) is 0 Å². The number of nitrogens with one attached hydrogen (secondary N) is 1. The summed E-state index contributed by atoms with van der Waals surface area (Å²) in [7, 11) is -2.96. The molecule has 0 aliphatic rings.